The third-order valence-electron chi connectivity index (χ3n) is 5.21. The SMILES string of the molecule is CC1=C(C(=O)OCc2ccccc2)C(c2ccc(OC(=O)c3ccc(F)cc3)cc2)NC(=O)N1. The van der Waals surface area contributed by atoms with Crippen molar-refractivity contribution in [1.82, 2.24) is 10.6 Å². The molecule has 0 aromatic heterocycles. The zero-order valence-corrected chi connectivity index (χ0v) is 18.2. The van der Waals surface area contributed by atoms with E-state index >= 15 is 0 Å². The molecule has 0 fully saturated rings. The Morgan fingerprint density at radius 1 is 0.912 bits per heavy atom. The smallest absolute Gasteiger partial charge is 0.343 e. The molecule has 1 aliphatic rings. The molecule has 2 amide bonds. The van der Waals surface area contributed by atoms with Gasteiger partial charge in [-0.15, -0.1) is 0 Å². The van der Waals surface area contributed by atoms with Gasteiger partial charge in [0.15, 0.2) is 0 Å². The minimum atomic E-state index is -0.751. The number of esters is 2. The Bertz CT molecular complexity index is 1240. The topological polar surface area (TPSA) is 93.7 Å². The van der Waals surface area contributed by atoms with E-state index in [4.69, 9.17) is 9.47 Å². The van der Waals surface area contributed by atoms with Crippen molar-refractivity contribution in [2.24, 2.45) is 0 Å². The number of hydrogen-bond donors (Lipinski definition) is 2. The maximum absolute atomic E-state index is 13.1. The highest BCUT2D eigenvalue weighted by molar-refractivity contribution is 5.95. The van der Waals surface area contributed by atoms with Gasteiger partial charge in [0.2, 0.25) is 0 Å². The average molecular weight is 460 g/mol. The van der Waals surface area contributed by atoms with Crippen molar-refractivity contribution >= 4 is 18.0 Å². The Morgan fingerprint density at radius 3 is 2.26 bits per heavy atom. The summed E-state index contributed by atoms with van der Waals surface area (Å²) in [6, 6.07) is 19.4. The van der Waals surface area contributed by atoms with Crippen LogP contribution >= 0.6 is 0 Å². The molecule has 1 unspecified atom stereocenters. The fourth-order valence-electron chi connectivity index (χ4n) is 3.50. The zero-order chi connectivity index (χ0) is 24.1. The molecule has 0 saturated heterocycles. The van der Waals surface area contributed by atoms with Crippen LogP contribution < -0.4 is 15.4 Å². The van der Waals surface area contributed by atoms with E-state index in [0.29, 0.717) is 11.3 Å². The van der Waals surface area contributed by atoms with E-state index in [1.807, 2.05) is 30.3 Å². The molecule has 2 N–H and O–H groups in total. The third-order valence-corrected chi connectivity index (χ3v) is 5.21. The number of nitrogens with one attached hydrogen (secondary N) is 2. The van der Waals surface area contributed by atoms with E-state index in [1.165, 1.54) is 24.3 Å². The molecular formula is C26H21FN2O5. The molecule has 4 rings (SSSR count). The number of carbonyl (C=O) groups excluding carboxylic acids is 3. The Morgan fingerprint density at radius 2 is 1.59 bits per heavy atom. The van der Waals surface area contributed by atoms with Crippen LogP contribution in [0.15, 0.2) is 90.1 Å². The largest absolute Gasteiger partial charge is 0.457 e. The minimum absolute atomic E-state index is 0.0927. The summed E-state index contributed by atoms with van der Waals surface area (Å²) in [5, 5.41) is 5.33. The number of urea groups is 1. The van der Waals surface area contributed by atoms with Crippen molar-refractivity contribution in [2.75, 3.05) is 0 Å². The number of allylic oxidation sites excluding steroid dienone is 1. The van der Waals surface area contributed by atoms with Crippen LogP contribution in [0.5, 0.6) is 5.75 Å². The highest BCUT2D eigenvalue weighted by atomic mass is 19.1. The molecule has 0 radical (unpaired) electrons. The van der Waals surface area contributed by atoms with Crippen LogP contribution in [0.2, 0.25) is 0 Å². The summed E-state index contributed by atoms with van der Waals surface area (Å²) < 4.78 is 23.9. The second-order valence-corrected chi connectivity index (χ2v) is 7.60. The van der Waals surface area contributed by atoms with Gasteiger partial charge in [-0.25, -0.2) is 18.8 Å². The molecule has 3 aromatic rings. The Hall–Kier alpha value is -4.46. The predicted octanol–water partition coefficient (Wildman–Crippen LogP) is 4.42. The standard InChI is InChI=1S/C26H21FN2O5/c1-16-22(25(31)33-15-17-5-3-2-4-6-17)23(29-26(32)28-16)18-9-13-21(14-10-18)34-24(30)19-7-11-20(27)12-8-19/h2-14,23H,15H2,1H3,(H2,28,29,32). The molecule has 0 bridgehead atoms. The normalized spacial score (nSPS) is 15.2. The van der Waals surface area contributed by atoms with Crippen LogP contribution in [0.25, 0.3) is 0 Å². The Labute approximate surface area is 195 Å². The van der Waals surface area contributed by atoms with E-state index in [9.17, 15) is 18.8 Å². The first-order valence-corrected chi connectivity index (χ1v) is 10.5. The fourth-order valence-corrected chi connectivity index (χ4v) is 3.50. The van der Waals surface area contributed by atoms with Crippen LogP contribution in [-0.2, 0) is 16.1 Å². The van der Waals surface area contributed by atoms with Crippen molar-refractivity contribution in [3.05, 3.63) is 113 Å². The summed E-state index contributed by atoms with van der Waals surface area (Å²) in [6.07, 6.45) is 0. The highest BCUT2D eigenvalue weighted by Crippen LogP contribution is 2.29. The quantitative estimate of drug-likeness (QED) is 0.420. The van der Waals surface area contributed by atoms with Gasteiger partial charge in [-0.05, 0) is 54.4 Å². The summed E-state index contributed by atoms with van der Waals surface area (Å²) in [5.41, 5.74) is 2.30. The first-order chi connectivity index (χ1) is 16.4. The lowest BCUT2D eigenvalue weighted by Gasteiger charge is -2.28. The maximum Gasteiger partial charge on any atom is 0.343 e. The monoisotopic (exact) mass is 460 g/mol. The van der Waals surface area contributed by atoms with Crippen molar-refractivity contribution in [3.63, 3.8) is 0 Å². The number of halogens is 1. The summed E-state index contributed by atoms with van der Waals surface area (Å²) in [4.78, 5) is 37.2. The van der Waals surface area contributed by atoms with E-state index in [2.05, 4.69) is 10.6 Å². The number of benzene rings is 3. The molecule has 172 valence electrons. The summed E-state index contributed by atoms with van der Waals surface area (Å²) in [5.74, 6) is -1.40. The Balaban J connectivity index is 1.49. The van der Waals surface area contributed by atoms with E-state index < -0.39 is 29.8 Å². The predicted molar refractivity (Wildman–Crippen MR) is 121 cm³/mol. The van der Waals surface area contributed by atoms with Crippen LogP contribution in [-0.4, -0.2) is 18.0 Å². The van der Waals surface area contributed by atoms with Gasteiger partial charge in [0, 0.05) is 5.70 Å². The number of rotatable bonds is 6. The molecular weight excluding hydrogens is 439 g/mol. The van der Waals surface area contributed by atoms with Gasteiger partial charge in [0.25, 0.3) is 0 Å². The van der Waals surface area contributed by atoms with E-state index in [1.54, 1.807) is 31.2 Å². The van der Waals surface area contributed by atoms with Gasteiger partial charge < -0.3 is 20.1 Å². The lowest BCUT2D eigenvalue weighted by molar-refractivity contribution is -0.140. The van der Waals surface area contributed by atoms with Crippen LogP contribution in [0, 0.1) is 5.82 Å². The zero-order valence-electron chi connectivity index (χ0n) is 18.2. The third kappa shape index (κ3) is 5.29. The molecule has 1 aliphatic heterocycles. The maximum atomic E-state index is 13.1. The molecule has 0 aliphatic carbocycles. The minimum Gasteiger partial charge on any atom is -0.457 e. The van der Waals surface area contributed by atoms with Crippen molar-refractivity contribution in [2.45, 2.75) is 19.6 Å². The second-order valence-electron chi connectivity index (χ2n) is 7.60. The molecule has 0 spiro atoms. The molecule has 8 heteroatoms. The van der Waals surface area contributed by atoms with Crippen LogP contribution in [0.1, 0.15) is 34.5 Å². The molecule has 1 atom stereocenters. The molecule has 7 nitrogen and oxygen atoms in total. The van der Waals surface area contributed by atoms with E-state index in [-0.39, 0.29) is 23.5 Å². The number of ether oxygens (including phenoxy) is 2. The van der Waals surface area contributed by atoms with Gasteiger partial charge in [0.1, 0.15) is 18.2 Å². The second kappa shape index (κ2) is 9.99. The van der Waals surface area contributed by atoms with Gasteiger partial charge in [-0.2, -0.15) is 0 Å². The molecule has 1 heterocycles. The fraction of sp³-hybridized carbons (Fsp3) is 0.115. The van der Waals surface area contributed by atoms with Gasteiger partial charge in [-0.1, -0.05) is 42.5 Å². The molecule has 3 aromatic carbocycles. The number of amides is 2. The summed E-state index contributed by atoms with van der Waals surface area (Å²) in [6.45, 7) is 1.72. The first-order valence-electron chi connectivity index (χ1n) is 10.5. The van der Waals surface area contributed by atoms with Crippen molar-refractivity contribution < 1.29 is 28.2 Å². The highest BCUT2D eigenvalue weighted by Gasteiger charge is 2.32. The molecule has 0 saturated carbocycles. The Kier molecular flexibility index (Phi) is 6.68. The first kappa shape index (κ1) is 22.7. The summed E-state index contributed by atoms with van der Waals surface area (Å²) >= 11 is 0. The van der Waals surface area contributed by atoms with Crippen LogP contribution in [0.3, 0.4) is 0 Å². The average Bonchev–Trinajstić information content (AvgIpc) is 2.83. The van der Waals surface area contributed by atoms with Crippen LogP contribution in [0.4, 0.5) is 9.18 Å². The molecule has 34 heavy (non-hydrogen) atoms. The van der Waals surface area contributed by atoms with Gasteiger partial charge in [-0.3, -0.25) is 0 Å². The summed E-state index contributed by atoms with van der Waals surface area (Å²) in [7, 11) is 0. The number of carbonyl (C=O) groups is 3. The van der Waals surface area contributed by atoms with E-state index in [0.717, 1.165) is 5.56 Å². The van der Waals surface area contributed by atoms with Crippen molar-refractivity contribution in [3.8, 4) is 5.75 Å². The lowest BCUT2D eigenvalue weighted by atomic mass is 9.95. The van der Waals surface area contributed by atoms with Gasteiger partial charge >= 0.3 is 18.0 Å². The number of hydrogen-bond acceptors (Lipinski definition) is 5. The van der Waals surface area contributed by atoms with Crippen molar-refractivity contribution in [1.29, 1.82) is 0 Å². The lowest BCUT2D eigenvalue weighted by Crippen LogP contribution is -2.45. The van der Waals surface area contributed by atoms with Gasteiger partial charge in [0.05, 0.1) is 17.2 Å².